The number of allylic oxidation sites excluding steroid dienone is 1. The molecule has 6 nitrogen and oxygen atoms in total. The first-order chi connectivity index (χ1) is 18.1. The Labute approximate surface area is 226 Å². The van der Waals surface area contributed by atoms with E-state index < -0.39 is 0 Å². The number of hydrogen-bond acceptors (Lipinski definition) is 4. The maximum atomic E-state index is 12.5. The van der Waals surface area contributed by atoms with Crippen molar-refractivity contribution < 1.29 is 14.3 Å². The van der Waals surface area contributed by atoms with Crippen molar-refractivity contribution in [2.24, 2.45) is 0 Å². The number of methoxy groups -OCH3 is 1. The SMILES string of the molecule is C=CCc1ccc(OCCCCn2c(CCNC(=O)c3ccc(Br)cc3)nc3ccccc32)c(OC)c1. The number of carbonyl (C=O) groups is 1. The normalized spacial score (nSPS) is 10.9. The number of aryl methyl sites for hydroxylation is 1. The van der Waals surface area contributed by atoms with Gasteiger partial charge in [0, 0.05) is 29.5 Å². The first-order valence-electron chi connectivity index (χ1n) is 12.5. The van der Waals surface area contributed by atoms with Crippen molar-refractivity contribution in [2.75, 3.05) is 20.3 Å². The third-order valence-corrected chi connectivity index (χ3v) is 6.64. The molecule has 1 heterocycles. The van der Waals surface area contributed by atoms with Gasteiger partial charge < -0.3 is 19.4 Å². The van der Waals surface area contributed by atoms with Crippen LogP contribution < -0.4 is 14.8 Å². The predicted octanol–water partition coefficient (Wildman–Crippen LogP) is 6.37. The molecule has 0 saturated heterocycles. The van der Waals surface area contributed by atoms with E-state index in [1.807, 2.05) is 66.7 Å². The minimum atomic E-state index is -0.0831. The van der Waals surface area contributed by atoms with Gasteiger partial charge in [-0.2, -0.15) is 0 Å². The summed E-state index contributed by atoms with van der Waals surface area (Å²) in [7, 11) is 1.66. The van der Waals surface area contributed by atoms with Crippen LogP contribution in [0.25, 0.3) is 11.0 Å². The van der Waals surface area contributed by atoms with Crippen molar-refractivity contribution in [1.82, 2.24) is 14.9 Å². The van der Waals surface area contributed by atoms with Gasteiger partial charge in [-0.15, -0.1) is 6.58 Å². The number of para-hydroxylation sites is 2. The Kier molecular flexibility index (Phi) is 9.38. The summed E-state index contributed by atoms with van der Waals surface area (Å²) >= 11 is 3.40. The maximum absolute atomic E-state index is 12.5. The van der Waals surface area contributed by atoms with Crippen LogP contribution in [0.5, 0.6) is 11.5 Å². The Hall–Kier alpha value is -3.58. The molecule has 0 radical (unpaired) electrons. The van der Waals surface area contributed by atoms with Crippen LogP contribution in [0, 0.1) is 0 Å². The van der Waals surface area contributed by atoms with Gasteiger partial charge in [0.05, 0.1) is 24.8 Å². The summed E-state index contributed by atoms with van der Waals surface area (Å²) in [6.07, 6.45) is 5.16. The number of unbranched alkanes of at least 4 members (excludes halogenated alkanes) is 1. The fourth-order valence-electron chi connectivity index (χ4n) is 4.24. The van der Waals surface area contributed by atoms with Crippen LogP contribution in [0.4, 0.5) is 0 Å². The van der Waals surface area contributed by atoms with Crippen LogP contribution in [0.1, 0.15) is 34.6 Å². The number of carbonyl (C=O) groups excluding carboxylic acids is 1. The zero-order valence-electron chi connectivity index (χ0n) is 21.1. The summed E-state index contributed by atoms with van der Waals surface area (Å²) in [4.78, 5) is 17.3. The van der Waals surface area contributed by atoms with E-state index >= 15 is 0 Å². The Bertz CT molecular complexity index is 1350. The molecule has 0 bridgehead atoms. The van der Waals surface area contributed by atoms with Crippen LogP contribution >= 0.6 is 15.9 Å². The highest BCUT2D eigenvalue weighted by Crippen LogP contribution is 2.28. The number of nitrogens with zero attached hydrogens (tertiary/aromatic N) is 2. The predicted molar refractivity (Wildman–Crippen MR) is 152 cm³/mol. The zero-order chi connectivity index (χ0) is 26.0. The first kappa shape index (κ1) is 26.5. The van der Waals surface area contributed by atoms with Crippen molar-refractivity contribution in [2.45, 2.75) is 32.2 Å². The Morgan fingerprint density at radius 2 is 1.89 bits per heavy atom. The van der Waals surface area contributed by atoms with Gasteiger partial charge in [0.2, 0.25) is 0 Å². The van der Waals surface area contributed by atoms with E-state index in [0.717, 1.165) is 64.2 Å². The largest absolute Gasteiger partial charge is 0.493 e. The highest BCUT2D eigenvalue weighted by Gasteiger charge is 2.12. The fourth-order valence-corrected chi connectivity index (χ4v) is 4.50. The lowest BCUT2D eigenvalue weighted by atomic mass is 10.1. The third-order valence-electron chi connectivity index (χ3n) is 6.12. The van der Waals surface area contributed by atoms with Crippen molar-refractivity contribution >= 4 is 32.9 Å². The van der Waals surface area contributed by atoms with Crippen LogP contribution in [-0.2, 0) is 19.4 Å². The lowest BCUT2D eigenvalue weighted by Crippen LogP contribution is -2.26. The van der Waals surface area contributed by atoms with E-state index in [4.69, 9.17) is 14.5 Å². The molecule has 37 heavy (non-hydrogen) atoms. The molecule has 0 aliphatic carbocycles. The minimum absolute atomic E-state index is 0.0831. The topological polar surface area (TPSA) is 65.4 Å². The van der Waals surface area contributed by atoms with E-state index in [-0.39, 0.29) is 5.91 Å². The summed E-state index contributed by atoms with van der Waals surface area (Å²) in [6.45, 7) is 5.74. The Morgan fingerprint density at radius 1 is 1.08 bits per heavy atom. The molecule has 0 aliphatic rings. The monoisotopic (exact) mass is 561 g/mol. The van der Waals surface area contributed by atoms with Gasteiger partial charge in [-0.25, -0.2) is 4.98 Å². The molecule has 0 spiro atoms. The number of aromatic nitrogens is 2. The van der Waals surface area contributed by atoms with Gasteiger partial charge in [-0.1, -0.05) is 40.2 Å². The molecular weight excluding hydrogens is 530 g/mol. The fraction of sp³-hybridized carbons (Fsp3) is 0.267. The Morgan fingerprint density at radius 3 is 2.68 bits per heavy atom. The average Bonchev–Trinajstić information content (AvgIpc) is 3.26. The number of fused-ring (bicyclic) bond motifs is 1. The molecule has 4 aromatic rings. The zero-order valence-corrected chi connectivity index (χ0v) is 22.7. The molecule has 0 fully saturated rings. The van der Waals surface area contributed by atoms with Crippen molar-refractivity contribution in [1.29, 1.82) is 0 Å². The first-order valence-corrected chi connectivity index (χ1v) is 13.3. The number of imidazole rings is 1. The number of nitrogens with one attached hydrogen (secondary N) is 1. The second-order valence-corrected chi connectivity index (χ2v) is 9.63. The van der Waals surface area contributed by atoms with Gasteiger partial charge in [0.25, 0.3) is 5.91 Å². The molecule has 0 saturated carbocycles. The lowest BCUT2D eigenvalue weighted by Gasteiger charge is -2.13. The van der Waals surface area contributed by atoms with Crippen LogP contribution in [0.15, 0.2) is 83.9 Å². The molecule has 1 N–H and O–H groups in total. The van der Waals surface area contributed by atoms with E-state index in [2.05, 4.69) is 38.5 Å². The number of hydrogen-bond donors (Lipinski definition) is 1. The summed E-state index contributed by atoms with van der Waals surface area (Å²) in [5.41, 5.74) is 3.87. The van der Waals surface area contributed by atoms with E-state index in [1.165, 1.54) is 0 Å². The highest BCUT2D eigenvalue weighted by molar-refractivity contribution is 9.10. The molecule has 1 amide bonds. The van der Waals surface area contributed by atoms with Crippen LogP contribution in [-0.4, -0.2) is 35.7 Å². The van der Waals surface area contributed by atoms with E-state index in [1.54, 1.807) is 7.11 Å². The molecule has 192 valence electrons. The minimum Gasteiger partial charge on any atom is -0.493 e. The average molecular weight is 563 g/mol. The molecule has 0 atom stereocenters. The standard InChI is InChI=1S/C30H32BrN3O3/c1-3-8-22-11-16-27(28(21-22)36-2)37-20-7-6-19-34-26-10-5-4-9-25(26)33-29(34)17-18-32-30(35)23-12-14-24(31)15-13-23/h3-5,9-16,21H,1,6-8,17-20H2,2H3,(H,32,35). The van der Waals surface area contributed by atoms with E-state index in [0.29, 0.717) is 25.1 Å². The third kappa shape index (κ3) is 7.01. The highest BCUT2D eigenvalue weighted by atomic mass is 79.9. The van der Waals surface area contributed by atoms with Crippen molar-refractivity contribution in [3.05, 3.63) is 101 Å². The Balaban J connectivity index is 1.32. The summed E-state index contributed by atoms with van der Waals surface area (Å²) in [5, 5.41) is 3.01. The summed E-state index contributed by atoms with van der Waals surface area (Å²) in [6, 6.07) is 21.5. The molecule has 0 aliphatic heterocycles. The smallest absolute Gasteiger partial charge is 0.251 e. The molecule has 1 aromatic heterocycles. The molecule has 7 heteroatoms. The molecule has 4 rings (SSSR count). The van der Waals surface area contributed by atoms with Gasteiger partial charge in [-0.05, 0) is 73.4 Å². The molecule has 3 aromatic carbocycles. The summed E-state index contributed by atoms with van der Waals surface area (Å²) < 4.78 is 14.7. The second kappa shape index (κ2) is 13.1. The van der Waals surface area contributed by atoms with Crippen LogP contribution in [0.3, 0.4) is 0 Å². The molecular formula is C30H32BrN3O3. The second-order valence-electron chi connectivity index (χ2n) is 8.71. The van der Waals surface area contributed by atoms with Gasteiger partial charge in [0.15, 0.2) is 11.5 Å². The number of amides is 1. The number of benzene rings is 3. The van der Waals surface area contributed by atoms with Gasteiger partial charge in [-0.3, -0.25) is 4.79 Å². The molecule has 0 unspecified atom stereocenters. The number of halogens is 1. The quantitative estimate of drug-likeness (QED) is 0.152. The lowest BCUT2D eigenvalue weighted by molar-refractivity contribution is 0.0954. The van der Waals surface area contributed by atoms with Gasteiger partial charge in [0.1, 0.15) is 5.82 Å². The number of rotatable bonds is 13. The van der Waals surface area contributed by atoms with E-state index in [9.17, 15) is 4.79 Å². The number of ether oxygens (including phenoxy) is 2. The maximum Gasteiger partial charge on any atom is 0.251 e. The van der Waals surface area contributed by atoms with Crippen LogP contribution in [0.2, 0.25) is 0 Å². The van der Waals surface area contributed by atoms with Crippen molar-refractivity contribution in [3.63, 3.8) is 0 Å². The summed E-state index contributed by atoms with van der Waals surface area (Å²) in [5.74, 6) is 2.39. The van der Waals surface area contributed by atoms with Crippen molar-refractivity contribution in [3.8, 4) is 11.5 Å². The van der Waals surface area contributed by atoms with Gasteiger partial charge >= 0.3 is 0 Å².